The van der Waals surface area contributed by atoms with Crippen LogP contribution < -0.4 is 4.90 Å². The Bertz CT molecular complexity index is 4550. The van der Waals surface area contributed by atoms with Gasteiger partial charge in [0, 0.05) is 27.7 Å². The molecule has 4 aliphatic rings. The van der Waals surface area contributed by atoms with Gasteiger partial charge in [-0.2, -0.15) is 0 Å². The van der Waals surface area contributed by atoms with Crippen molar-refractivity contribution in [3.05, 3.63) is 324 Å². The van der Waals surface area contributed by atoms with Gasteiger partial charge < -0.3 is 9.47 Å². The quantitative estimate of drug-likeness (QED) is 0.167. The summed E-state index contributed by atoms with van der Waals surface area (Å²) >= 11 is 0. The van der Waals surface area contributed by atoms with Gasteiger partial charge in [0.15, 0.2) is 0 Å². The van der Waals surface area contributed by atoms with Gasteiger partial charge in [-0.1, -0.05) is 231 Å². The molecule has 76 heavy (non-hydrogen) atoms. The van der Waals surface area contributed by atoms with E-state index in [0.29, 0.717) is 0 Å². The van der Waals surface area contributed by atoms with E-state index >= 15 is 0 Å². The molecule has 352 valence electrons. The molecule has 1 unspecified atom stereocenters. The molecule has 1 aromatic heterocycles. The fourth-order valence-electron chi connectivity index (χ4n) is 14.8. The minimum absolute atomic E-state index is 0.495. The number of fused-ring (bicyclic) bond motifs is 22. The summed E-state index contributed by atoms with van der Waals surface area (Å²) < 4.78 is 2.53. The Morgan fingerprint density at radius 3 is 1.46 bits per heavy atom. The largest absolute Gasteiger partial charge is 0.310 e. The Balaban J connectivity index is 0.941. The Morgan fingerprint density at radius 1 is 0.263 bits per heavy atom. The summed E-state index contributed by atoms with van der Waals surface area (Å²) in [6.45, 7) is 0. The molecule has 12 aromatic carbocycles. The highest BCUT2D eigenvalue weighted by Crippen LogP contribution is 2.65. The number of para-hydroxylation sites is 4. The average molecular weight is 963 g/mol. The molecule has 2 nitrogen and oxygen atoms in total. The lowest BCUT2D eigenvalue weighted by atomic mass is 9.65. The van der Waals surface area contributed by atoms with Crippen molar-refractivity contribution in [1.82, 2.24) is 4.57 Å². The molecule has 0 N–H and O–H groups in total. The summed E-state index contributed by atoms with van der Waals surface area (Å²) in [5.74, 6) is 0. The van der Waals surface area contributed by atoms with E-state index in [0.717, 1.165) is 22.6 Å². The first-order valence-electron chi connectivity index (χ1n) is 26.6. The summed E-state index contributed by atoms with van der Waals surface area (Å²) in [4.78, 5) is 2.55. The van der Waals surface area contributed by atoms with Crippen LogP contribution in [-0.2, 0) is 10.8 Å². The van der Waals surface area contributed by atoms with Crippen LogP contribution in [0.1, 0.15) is 44.5 Å². The van der Waals surface area contributed by atoms with Crippen LogP contribution in [0.25, 0.3) is 83.1 Å². The number of hydrogen-bond donors (Lipinski definition) is 0. The number of anilines is 3. The third-order valence-corrected chi connectivity index (χ3v) is 17.6. The smallest absolute Gasteiger partial charge is 0.0754 e. The fourth-order valence-corrected chi connectivity index (χ4v) is 14.8. The van der Waals surface area contributed by atoms with E-state index in [1.807, 2.05) is 0 Å². The number of nitrogens with zero attached hydrogens (tertiary/aromatic N) is 2. The highest BCUT2D eigenvalue weighted by Gasteiger charge is 2.53. The van der Waals surface area contributed by atoms with Crippen LogP contribution >= 0.6 is 0 Å². The summed E-state index contributed by atoms with van der Waals surface area (Å²) in [7, 11) is 0. The average Bonchev–Trinajstić information content (AvgIpc) is 4.38. The van der Waals surface area contributed by atoms with Gasteiger partial charge in [0.05, 0.1) is 33.2 Å². The van der Waals surface area contributed by atoms with Gasteiger partial charge in [0.2, 0.25) is 0 Å². The van der Waals surface area contributed by atoms with Crippen molar-refractivity contribution in [2.45, 2.75) is 10.8 Å². The first-order chi connectivity index (χ1) is 37.7. The Labute approximate surface area is 441 Å². The molecule has 3 aliphatic carbocycles. The Kier molecular flexibility index (Phi) is 8.44. The topological polar surface area (TPSA) is 8.17 Å². The second kappa shape index (κ2) is 15.4. The molecule has 0 fully saturated rings. The molecule has 13 aromatic rings. The minimum Gasteiger partial charge on any atom is -0.310 e. The van der Waals surface area contributed by atoms with Crippen LogP contribution in [0.4, 0.5) is 17.1 Å². The SMILES string of the molecule is c1ccc(-c2cccc(-c3ccccc3N(c3ccc4c(c3)-c3ccccc3C43c4ccccc4-n4c5ccccc5c5cccc3c54)c3ccc4c(c3)C3(c5ccccc5-c5ccccc53)c3ccccc3-4)c2)cc1. The van der Waals surface area contributed by atoms with Crippen LogP contribution in [0.15, 0.2) is 279 Å². The van der Waals surface area contributed by atoms with Crippen molar-refractivity contribution in [2.75, 3.05) is 4.90 Å². The summed E-state index contributed by atoms with van der Waals surface area (Å²) in [6.07, 6.45) is 0. The van der Waals surface area contributed by atoms with Gasteiger partial charge in [-0.05, 0) is 143 Å². The third kappa shape index (κ3) is 5.25. The van der Waals surface area contributed by atoms with E-state index in [-0.39, 0.29) is 0 Å². The van der Waals surface area contributed by atoms with Crippen molar-refractivity contribution >= 4 is 38.9 Å². The van der Waals surface area contributed by atoms with Crippen LogP contribution in [0, 0.1) is 0 Å². The zero-order valence-electron chi connectivity index (χ0n) is 41.5. The maximum absolute atomic E-state index is 2.55. The Morgan fingerprint density at radius 2 is 0.737 bits per heavy atom. The minimum atomic E-state index is -0.555. The van der Waals surface area contributed by atoms with E-state index < -0.39 is 10.8 Å². The molecule has 0 amide bonds. The molecule has 0 saturated carbocycles. The summed E-state index contributed by atoms with van der Waals surface area (Å²) in [5, 5.41) is 2.56. The lowest BCUT2D eigenvalue weighted by molar-refractivity contribution is 0.748. The second-order valence-electron chi connectivity index (χ2n) is 21.0. The first kappa shape index (κ1) is 41.7. The molecule has 1 atom stereocenters. The lowest BCUT2D eigenvalue weighted by Gasteiger charge is -2.39. The van der Waals surface area contributed by atoms with E-state index in [9.17, 15) is 0 Å². The number of benzene rings is 12. The molecule has 17 rings (SSSR count). The molecule has 1 aliphatic heterocycles. The zero-order chi connectivity index (χ0) is 49.7. The van der Waals surface area contributed by atoms with Crippen molar-refractivity contribution in [3.8, 4) is 61.3 Å². The highest BCUT2D eigenvalue weighted by molar-refractivity contribution is 6.13. The standard InChI is InChI=1S/C74H46N2/c1-2-20-47(21-3-1)48-22-18-23-49(44-48)52-24-8-15-37-69(52)75(51-40-42-57-55-27-6-12-33-63(55)73(68(57)46-51)61-31-10-4-25-53(61)54-26-5-11-32-62(54)73)50-41-43-65-60(45-50)56-28-7-13-34-64(56)74(65)66-35-14-17-39-71(66)76-70-38-16-9-29-58(70)59-30-19-36-67(74)72(59)76/h1-46H. The van der Waals surface area contributed by atoms with Crippen molar-refractivity contribution in [2.24, 2.45) is 0 Å². The molecule has 0 bridgehead atoms. The molecular weight excluding hydrogens is 917 g/mol. The van der Waals surface area contributed by atoms with Gasteiger partial charge in [-0.15, -0.1) is 0 Å². The van der Waals surface area contributed by atoms with E-state index in [2.05, 4.69) is 289 Å². The summed E-state index contributed by atoms with van der Waals surface area (Å²) in [5.41, 5.74) is 29.0. The number of hydrogen-bond acceptors (Lipinski definition) is 1. The Hall–Kier alpha value is -9.76. The maximum Gasteiger partial charge on any atom is 0.0754 e. The van der Waals surface area contributed by atoms with Gasteiger partial charge in [-0.3, -0.25) is 0 Å². The second-order valence-corrected chi connectivity index (χ2v) is 21.0. The monoisotopic (exact) mass is 962 g/mol. The van der Waals surface area contributed by atoms with Crippen molar-refractivity contribution in [1.29, 1.82) is 0 Å². The van der Waals surface area contributed by atoms with Gasteiger partial charge >= 0.3 is 0 Å². The number of aromatic nitrogens is 1. The number of rotatable bonds is 5. The van der Waals surface area contributed by atoms with Crippen LogP contribution in [0.2, 0.25) is 0 Å². The van der Waals surface area contributed by atoms with Gasteiger partial charge in [-0.25, -0.2) is 0 Å². The van der Waals surface area contributed by atoms with E-state index in [1.165, 1.54) is 122 Å². The first-order valence-corrected chi connectivity index (χ1v) is 26.6. The fraction of sp³-hybridized carbons (Fsp3) is 0.0270. The highest BCUT2D eigenvalue weighted by atomic mass is 15.1. The van der Waals surface area contributed by atoms with Gasteiger partial charge in [0.1, 0.15) is 0 Å². The van der Waals surface area contributed by atoms with Crippen LogP contribution in [-0.4, -0.2) is 4.57 Å². The maximum atomic E-state index is 2.55. The molecule has 2 heterocycles. The van der Waals surface area contributed by atoms with E-state index in [4.69, 9.17) is 0 Å². The van der Waals surface area contributed by atoms with Crippen molar-refractivity contribution in [3.63, 3.8) is 0 Å². The normalized spacial score (nSPS) is 15.3. The van der Waals surface area contributed by atoms with Gasteiger partial charge in [0.25, 0.3) is 0 Å². The molecular formula is C74H46N2. The summed E-state index contributed by atoms with van der Waals surface area (Å²) in [6, 6.07) is 105. The predicted octanol–water partition coefficient (Wildman–Crippen LogP) is 18.6. The lowest BCUT2D eigenvalue weighted by Crippen LogP contribution is -2.33. The molecule has 2 spiro atoms. The van der Waals surface area contributed by atoms with E-state index in [1.54, 1.807) is 0 Å². The van der Waals surface area contributed by atoms with Crippen molar-refractivity contribution < 1.29 is 0 Å². The molecule has 2 heteroatoms. The zero-order valence-corrected chi connectivity index (χ0v) is 41.5. The van der Waals surface area contributed by atoms with Crippen LogP contribution in [0.5, 0.6) is 0 Å². The van der Waals surface area contributed by atoms with Crippen LogP contribution in [0.3, 0.4) is 0 Å². The molecule has 0 saturated heterocycles. The third-order valence-electron chi connectivity index (χ3n) is 17.6. The predicted molar refractivity (Wildman–Crippen MR) is 313 cm³/mol. The molecule has 0 radical (unpaired) electrons.